The number of piperidine rings is 1. The second-order valence-corrected chi connectivity index (χ2v) is 9.43. The summed E-state index contributed by atoms with van der Waals surface area (Å²) < 4.78 is 0. The molecule has 2 aromatic rings. The van der Waals surface area contributed by atoms with Gasteiger partial charge in [-0.25, -0.2) is 0 Å². The van der Waals surface area contributed by atoms with Crippen molar-refractivity contribution in [2.45, 2.75) is 49.2 Å². The number of phenols is 1. The maximum absolute atomic E-state index is 13.1. The number of nitrogens with zero attached hydrogens (tertiary/aromatic N) is 1. The summed E-state index contributed by atoms with van der Waals surface area (Å²) >= 11 is 0. The molecule has 0 radical (unpaired) electrons. The summed E-state index contributed by atoms with van der Waals surface area (Å²) in [5.41, 5.74) is 2.05. The summed E-state index contributed by atoms with van der Waals surface area (Å²) in [6.07, 6.45) is 3.49. The molecule has 5 heteroatoms. The number of rotatable bonds is 4. The number of phenolic OH excluding ortho intramolecular Hbond substituents is 1. The van der Waals surface area contributed by atoms with E-state index in [9.17, 15) is 15.0 Å². The molecule has 1 amide bonds. The van der Waals surface area contributed by atoms with Gasteiger partial charge in [-0.3, -0.25) is 4.79 Å². The summed E-state index contributed by atoms with van der Waals surface area (Å²) in [6.45, 7) is 1.50. The first-order valence-electron chi connectivity index (χ1n) is 11.0. The Morgan fingerprint density at radius 2 is 2.00 bits per heavy atom. The van der Waals surface area contributed by atoms with Crippen molar-refractivity contribution in [1.82, 2.24) is 10.2 Å². The van der Waals surface area contributed by atoms with E-state index in [0.717, 1.165) is 31.4 Å². The van der Waals surface area contributed by atoms with Crippen LogP contribution in [-0.2, 0) is 23.1 Å². The van der Waals surface area contributed by atoms with Crippen LogP contribution in [0.5, 0.6) is 5.75 Å². The van der Waals surface area contributed by atoms with Gasteiger partial charge in [-0.1, -0.05) is 36.4 Å². The van der Waals surface area contributed by atoms with Crippen LogP contribution >= 0.6 is 0 Å². The van der Waals surface area contributed by atoms with Crippen molar-refractivity contribution in [1.29, 1.82) is 0 Å². The van der Waals surface area contributed by atoms with Crippen molar-refractivity contribution in [3.05, 3.63) is 65.2 Å². The number of hydrogen-bond acceptors (Lipinski definition) is 4. The topological polar surface area (TPSA) is 72.8 Å². The Labute approximate surface area is 177 Å². The molecular weight excluding hydrogens is 376 g/mol. The highest BCUT2D eigenvalue weighted by atomic mass is 16.3. The molecule has 3 N–H and O–H groups in total. The van der Waals surface area contributed by atoms with Crippen molar-refractivity contribution in [2.75, 3.05) is 20.1 Å². The first-order chi connectivity index (χ1) is 14.4. The molecule has 0 unspecified atom stereocenters. The van der Waals surface area contributed by atoms with Gasteiger partial charge in [0.1, 0.15) is 5.75 Å². The Morgan fingerprint density at radius 3 is 2.80 bits per heavy atom. The maximum Gasteiger partial charge on any atom is 0.223 e. The average Bonchev–Trinajstić information content (AvgIpc) is 3.07. The van der Waals surface area contributed by atoms with Crippen molar-refractivity contribution < 1.29 is 15.0 Å². The lowest BCUT2D eigenvalue weighted by atomic mass is 9.56. The number of amides is 1. The molecule has 1 saturated carbocycles. The Kier molecular flexibility index (Phi) is 4.64. The van der Waals surface area contributed by atoms with Crippen molar-refractivity contribution in [3.63, 3.8) is 0 Å². The Morgan fingerprint density at radius 1 is 1.20 bits per heavy atom. The molecule has 2 aliphatic carbocycles. The van der Waals surface area contributed by atoms with Crippen LogP contribution in [0.3, 0.4) is 0 Å². The van der Waals surface area contributed by atoms with Crippen molar-refractivity contribution >= 4 is 5.91 Å². The zero-order chi connectivity index (χ0) is 20.9. The molecule has 3 aliphatic rings. The molecule has 2 fully saturated rings. The quantitative estimate of drug-likeness (QED) is 0.729. The van der Waals surface area contributed by atoms with Crippen LogP contribution < -0.4 is 5.32 Å². The number of fused-ring (bicyclic) bond motifs is 1. The molecule has 4 atom stereocenters. The van der Waals surface area contributed by atoms with E-state index in [4.69, 9.17) is 0 Å². The third kappa shape index (κ3) is 2.87. The molecule has 1 heterocycles. The van der Waals surface area contributed by atoms with E-state index >= 15 is 0 Å². The molecule has 2 aromatic carbocycles. The molecular formula is C25H30N2O3. The third-order valence-corrected chi connectivity index (χ3v) is 7.90. The van der Waals surface area contributed by atoms with Crippen LogP contribution in [0.2, 0.25) is 0 Å². The summed E-state index contributed by atoms with van der Waals surface area (Å²) in [6, 6.07) is 15.7. The Balaban J connectivity index is 1.39. The van der Waals surface area contributed by atoms with E-state index in [2.05, 4.69) is 29.4 Å². The molecule has 5 nitrogen and oxygen atoms in total. The Hall–Kier alpha value is -2.37. The van der Waals surface area contributed by atoms with E-state index in [-0.39, 0.29) is 23.6 Å². The molecule has 1 aliphatic heterocycles. The van der Waals surface area contributed by atoms with Crippen molar-refractivity contribution in [2.24, 2.45) is 5.92 Å². The van der Waals surface area contributed by atoms with E-state index in [0.29, 0.717) is 19.4 Å². The summed E-state index contributed by atoms with van der Waals surface area (Å²) in [5, 5.41) is 25.3. The number of benzene rings is 2. The summed E-state index contributed by atoms with van der Waals surface area (Å²) in [7, 11) is 2.07. The van der Waals surface area contributed by atoms with Gasteiger partial charge in [0.25, 0.3) is 0 Å². The van der Waals surface area contributed by atoms with Gasteiger partial charge < -0.3 is 20.4 Å². The average molecular weight is 407 g/mol. The fraction of sp³-hybridized carbons (Fsp3) is 0.480. The van der Waals surface area contributed by atoms with Gasteiger partial charge in [-0.05, 0) is 74.5 Å². The van der Waals surface area contributed by atoms with Gasteiger partial charge >= 0.3 is 0 Å². The van der Waals surface area contributed by atoms with Crippen LogP contribution in [0, 0.1) is 5.92 Å². The number of hydrogen-bond donors (Lipinski definition) is 3. The van der Waals surface area contributed by atoms with Gasteiger partial charge in [0, 0.05) is 23.9 Å². The lowest BCUT2D eigenvalue weighted by Crippen LogP contribution is -2.68. The van der Waals surface area contributed by atoms with Crippen LogP contribution in [0.1, 0.15) is 36.0 Å². The molecule has 1 saturated heterocycles. The van der Waals surface area contributed by atoms with Crippen molar-refractivity contribution in [3.8, 4) is 5.75 Å². The monoisotopic (exact) mass is 406 g/mol. The molecule has 158 valence electrons. The van der Waals surface area contributed by atoms with E-state index in [1.54, 1.807) is 6.07 Å². The second kappa shape index (κ2) is 7.10. The summed E-state index contributed by atoms with van der Waals surface area (Å²) in [5.74, 6) is 0.0600. The standard InChI is InChI=1S/C25H30N2O3/c1-27-12-10-24-15-19(23(29)26-11-9-17-5-3-2-4-6-17)16-25(24,30)22(27)13-18-7-8-20(28)14-21(18)24/h2-8,14,19,22,28,30H,9-13,15-16H2,1H3,(H,26,29)/t19-,22-,24-,25-/m1/s1. The molecule has 2 bridgehead atoms. The second-order valence-electron chi connectivity index (χ2n) is 9.43. The lowest BCUT2D eigenvalue weighted by molar-refractivity contribution is -0.129. The third-order valence-electron chi connectivity index (χ3n) is 7.90. The summed E-state index contributed by atoms with van der Waals surface area (Å²) in [4.78, 5) is 15.3. The van der Waals surface area contributed by atoms with Gasteiger partial charge in [-0.2, -0.15) is 0 Å². The normalized spacial score (nSPS) is 32.3. The first-order valence-corrected chi connectivity index (χ1v) is 11.0. The van der Waals surface area contributed by atoms with Gasteiger partial charge in [0.15, 0.2) is 0 Å². The smallest absolute Gasteiger partial charge is 0.223 e. The largest absolute Gasteiger partial charge is 0.508 e. The SMILES string of the molecule is CN1CC[C@]23C[C@@H](C(=O)NCCc4ccccc4)C[C@@]2(O)[C@H]1Cc1ccc(O)cc13. The Bertz CT molecular complexity index is 962. The number of aromatic hydroxyl groups is 1. The number of likely N-dealkylation sites (tertiary alicyclic amines) is 1. The number of carbonyl (C=O) groups excluding carboxylic acids is 1. The molecule has 5 rings (SSSR count). The minimum atomic E-state index is -0.942. The number of aliphatic hydroxyl groups is 1. The molecule has 0 spiro atoms. The van der Waals surface area contributed by atoms with Gasteiger partial charge in [-0.15, -0.1) is 0 Å². The zero-order valence-corrected chi connectivity index (χ0v) is 17.5. The highest BCUT2D eigenvalue weighted by molar-refractivity contribution is 5.80. The van der Waals surface area contributed by atoms with E-state index < -0.39 is 11.0 Å². The predicted octanol–water partition coefficient (Wildman–Crippen LogP) is 2.39. The van der Waals surface area contributed by atoms with E-state index in [1.807, 2.05) is 30.3 Å². The maximum atomic E-state index is 13.1. The van der Waals surface area contributed by atoms with Crippen LogP contribution in [0.4, 0.5) is 0 Å². The first kappa shape index (κ1) is 19.6. The van der Waals surface area contributed by atoms with Crippen LogP contribution in [-0.4, -0.2) is 52.8 Å². The number of nitrogens with one attached hydrogen (secondary N) is 1. The minimum absolute atomic E-state index is 0.00501. The van der Waals surface area contributed by atoms with Crippen LogP contribution in [0.15, 0.2) is 48.5 Å². The lowest BCUT2D eigenvalue weighted by Gasteiger charge is -2.58. The fourth-order valence-electron chi connectivity index (χ4n) is 6.40. The molecule has 0 aromatic heterocycles. The van der Waals surface area contributed by atoms with Crippen LogP contribution in [0.25, 0.3) is 0 Å². The van der Waals surface area contributed by atoms with Gasteiger partial charge in [0.2, 0.25) is 5.91 Å². The minimum Gasteiger partial charge on any atom is -0.508 e. The molecule has 30 heavy (non-hydrogen) atoms. The predicted molar refractivity (Wildman–Crippen MR) is 115 cm³/mol. The van der Waals surface area contributed by atoms with Gasteiger partial charge in [0.05, 0.1) is 5.60 Å². The fourth-order valence-corrected chi connectivity index (χ4v) is 6.40. The van der Waals surface area contributed by atoms with E-state index in [1.165, 1.54) is 11.1 Å². The highest BCUT2D eigenvalue weighted by Crippen LogP contribution is 2.61. The number of likely N-dealkylation sites (N-methyl/N-ethyl adjacent to an activating group) is 1. The highest BCUT2D eigenvalue weighted by Gasteiger charge is 2.67. The number of carbonyl (C=O) groups is 1. The zero-order valence-electron chi connectivity index (χ0n) is 17.5.